The summed E-state index contributed by atoms with van der Waals surface area (Å²) in [4.78, 5) is 26.2. The molecule has 0 saturated heterocycles. The molecule has 2 aromatic rings. The van der Waals surface area contributed by atoms with E-state index in [1.54, 1.807) is 24.3 Å². The Labute approximate surface area is 133 Å². The van der Waals surface area contributed by atoms with Crippen molar-refractivity contribution in [2.24, 2.45) is 0 Å². The fourth-order valence-electron chi connectivity index (χ4n) is 2.61. The van der Waals surface area contributed by atoms with E-state index in [0.29, 0.717) is 17.3 Å². The largest absolute Gasteiger partial charge is 0.316 e. The standard InChI is InChI=1S/C17H15ClN2O2/c18-13-8-2-3-9-14(13)19-16(21)17(22)20-11-5-7-12-6-1-4-10-15(12)20/h1-4,6,8-10H,5,7,11H2,(H,19,21). The molecule has 0 saturated carbocycles. The van der Waals surface area contributed by atoms with Crippen molar-refractivity contribution in [3.63, 3.8) is 0 Å². The number of nitrogens with zero attached hydrogens (tertiary/aromatic N) is 1. The quantitative estimate of drug-likeness (QED) is 0.821. The molecule has 0 fully saturated rings. The summed E-state index contributed by atoms with van der Waals surface area (Å²) in [6.45, 7) is 0.547. The first kappa shape index (κ1) is 14.6. The van der Waals surface area contributed by atoms with Crippen LogP contribution in [0.15, 0.2) is 48.5 Å². The molecular weight excluding hydrogens is 300 g/mol. The second-order valence-corrected chi connectivity index (χ2v) is 5.53. The van der Waals surface area contributed by atoms with Crippen molar-refractivity contribution in [2.45, 2.75) is 12.8 Å². The zero-order chi connectivity index (χ0) is 15.5. The Morgan fingerprint density at radius 1 is 1.05 bits per heavy atom. The van der Waals surface area contributed by atoms with Gasteiger partial charge in [-0.1, -0.05) is 41.9 Å². The third-order valence-electron chi connectivity index (χ3n) is 3.67. The van der Waals surface area contributed by atoms with E-state index in [4.69, 9.17) is 11.6 Å². The lowest BCUT2D eigenvalue weighted by molar-refractivity contribution is -0.134. The van der Waals surface area contributed by atoms with E-state index in [-0.39, 0.29) is 0 Å². The molecule has 0 bridgehead atoms. The van der Waals surface area contributed by atoms with Crippen LogP contribution in [0.2, 0.25) is 5.02 Å². The van der Waals surface area contributed by atoms with Crippen molar-refractivity contribution in [1.29, 1.82) is 0 Å². The van der Waals surface area contributed by atoms with Crippen molar-refractivity contribution >= 4 is 34.8 Å². The summed E-state index contributed by atoms with van der Waals surface area (Å²) in [5.41, 5.74) is 2.34. The lowest BCUT2D eigenvalue weighted by atomic mass is 10.0. The van der Waals surface area contributed by atoms with Gasteiger partial charge in [-0.05, 0) is 36.6 Å². The van der Waals surface area contributed by atoms with Crippen LogP contribution in [0, 0.1) is 0 Å². The molecule has 1 heterocycles. The van der Waals surface area contributed by atoms with Crippen LogP contribution in [0.5, 0.6) is 0 Å². The molecule has 3 rings (SSSR count). The molecule has 5 heteroatoms. The number of para-hydroxylation sites is 2. The maximum Gasteiger partial charge on any atom is 0.316 e. The van der Waals surface area contributed by atoms with Gasteiger partial charge in [-0.25, -0.2) is 0 Å². The van der Waals surface area contributed by atoms with Gasteiger partial charge in [0.05, 0.1) is 10.7 Å². The molecule has 2 aromatic carbocycles. The van der Waals surface area contributed by atoms with E-state index in [2.05, 4.69) is 5.32 Å². The minimum absolute atomic E-state index is 0.405. The molecule has 112 valence electrons. The minimum atomic E-state index is -0.676. The first-order valence-corrected chi connectivity index (χ1v) is 7.50. The number of carbonyl (C=O) groups is 2. The maximum atomic E-state index is 12.4. The van der Waals surface area contributed by atoms with E-state index >= 15 is 0 Å². The van der Waals surface area contributed by atoms with Crippen molar-refractivity contribution in [1.82, 2.24) is 0 Å². The van der Waals surface area contributed by atoms with E-state index in [0.717, 1.165) is 24.1 Å². The predicted octanol–water partition coefficient (Wildman–Crippen LogP) is 3.26. The van der Waals surface area contributed by atoms with Gasteiger partial charge in [0.25, 0.3) is 0 Å². The number of amides is 2. The second kappa shape index (κ2) is 6.20. The lowest BCUT2D eigenvalue weighted by Crippen LogP contribution is -2.42. The topological polar surface area (TPSA) is 49.4 Å². The van der Waals surface area contributed by atoms with Crippen molar-refractivity contribution in [2.75, 3.05) is 16.8 Å². The second-order valence-electron chi connectivity index (χ2n) is 5.12. The number of hydrogen-bond acceptors (Lipinski definition) is 2. The summed E-state index contributed by atoms with van der Waals surface area (Å²) >= 11 is 6.00. The van der Waals surface area contributed by atoms with Gasteiger partial charge >= 0.3 is 11.8 Å². The molecule has 4 nitrogen and oxygen atoms in total. The molecule has 1 aliphatic rings. The Hall–Kier alpha value is -2.33. The summed E-state index contributed by atoms with van der Waals surface area (Å²) in [5, 5.41) is 2.98. The van der Waals surface area contributed by atoms with Gasteiger partial charge < -0.3 is 10.2 Å². The molecule has 1 N–H and O–H groups in total. The van der Waals surface area contributed by atoms with Crippen LogP contribution >= 0.6 is 11.6 Å². The smallest absolute Gasteiger partial charge is 0.316 e. The molecule has 22 heavy (non-hydrogen) atoms. The van der Waals surface area contributed by atoms with Gasteiger partial charge in [0.15, 0.2) is 0 Å². The van der Waals surface area contributed by atoms with Gasteiger partial charge in [0.1, 0.15) is 0 Å². The summed E-state index contributed by atoms with van der Waals surface area (Å²) in [6.07, 6.45) is 1.77. The number of carbonyl (C=O) groups excluding carboxylic acids is 2. The number of anilines is 2. The highest BCUT2D eigenvalue weighted by Crippen LogP contribution is 2.27. The van der Waals surface area contributed by atoms with E-state index < -0.39 is 11.8 Å². The molecule has 2 amide bonds. The average Bonchev–Trinajstić information content (AvgIpc) is 2.55. The zero-order valence-electron chi connectivity index (χ0n) is 11.9. The van der Waals surface area contributed by atoms with Gasteiger partial charge in [0.2, 0.25) is 0 Å². The Kier molecular flexibility index (Phi) is 4.11. The highest BCUT2D eigenvalue weighted by Gasteiger charge is 2.27. The molecule has 0 radical (unpaired) electrons. The fourth-order valence-corrected chi connectivity index (χ4v) is 2.79. The number of halogens is 1. The normalized spacial score (nSPS) is 13.4. The molecule has 1 aliphatic heterocycles. The first-order chi connectivity index (χ1) is 10.7. The number of rotatable bonds is 1. The monoisotopic (exact) mass is 314 g/mol. The number of aryl methyl sites for hydroxylation is 1. The highest BCUT2D eigenvalue weighted by atomic mass is 35.5. The Bertz CT molecular complexity index is 730. The summed E-state index contributed by atoms with van der Waals surface area (Å²) in [5.74, 6) is -1.24. The van der Waals surface area contributed by atoms with Gasteiger partial charge in [-0.15, -0.1) is 0 Å². The first-order valence-electron chi connectivity index (χ1n) is 7.12. The van der Waals surface area contributed by atoms with Crippen LogP contribution in [-0.4, -0.2) is 18.4 Å². The molecule has 0 aromatic heterocycles. The summed E-state index contributed by atoms with van der Waals surface area (Å²) in [6, 6.07) is 14.5. The number of fused-ring (bicyclic) bond motifs is 1. The van der Waals surface area contributed by atoms with Crippen LogP contribution in [0.1, 0.15) is 12.0 Å². The lowest BCUT2D eigenvalue weighted by Gasteiger charge is -2.28. The SMILES string of the molecule is O=C(Nc1ccccc1Cl)C(=O)N1CCCc2ccccc21. The van der Waals surface area contributed by atoms with E-state index in [1.165, 1.54) is 4.90 Å². The Morgan fingerprint density at radius 3 is 2.59 bits per heavy atom. The summed E-state index contributed by atoms with van der Waals surface area (Å²) in [7, 11) is 0. The molecule has 0 aliphatic carbocycles. The van der Waals surface area contributed by atoms with Crippen LogP contribution in [0.25, 0.3) is 0 Å². The third kappa shape index (κ3) is 2.83. The predicted molar refractivity (Wildman–Crippen MR) is 87.2 cm³/mol. The van der Waals surface area contributed by atoms with Gasteiger partial charge in [-0.2, -0.15) is 0 Å². The third-order valence-corrected chi connectivity index (χ3v) is 4.00. The van der Waals surface area contributed by atoms with E-state index in [1.807, 2.05) is 24.3 Å². The van der Waals surface area contributed by atoms with Crippen LogP contribution in [-0.2, 0) is 16.0 Å². The van der Waals surface area contributed by atoms with Crippen LogP contribution in [0.3, 0.4) is 0 Å². The summed E-state index contributed by atoms with van der Waals surface area (Å²) < 4.78 is 0. The highest BCUT2D eigenvalue weighted by molar-refractivity contribution is 6.45. The zero-order valence-corrected chi connectivity index (χ0v) is 12.6. The van der Waals surface area contributed by atoms with Gasteiger partial charge in [0, 0.05) is 12.2 Å². The van der Waals surface area contributed by atoms with Crippen LogP contribution < -0.4 is 10.2 Å². The molecular formula is C17H15ClN2O2. The number of benzene rings is 2. The van der Waals surface area contributed by atoms with Gasteiger partial charge in [-0.3, -0.25) is 9.59 Å². The molecule has 0 spiro atoms. The maximum absolute atomic E-state index is 12.4. The number of hydrogen-bond donors (Lipinski definition) is 1. The van der Waals surface area contributed by atoms with Crippen molar-refractivity contribution in [3.05, 3.63) is 59.1 Å². The van der Waals surface area contributed by atoms with Crippen LogP contribution in [0.4, 0.5) is 11.4 Å². The van der Waals surface area contributed by atoms with E-state index in [9.17, 15) is 9.59 Å². The Balaban J connectivity index is 1.80. The Morgan fingerprint density at radius 2 is 1.77 bits per heavy atom. The van der Waals surface area contributed by atoms with Crippen molar-refractivity contribution in [3.8, 4) is 0 Å². The fraction of sp³-hybridized carbons (Fsp3) is 0.176. The number of nitrogens with one attached hydrogen (secondary N) is 1. The molecule has 0 atom stereocenters. The molecule has 0 unspecified atom stereocenters. The van der Waals surface area contributed by atoms with Crippen molar-refractivity contribution < 1.29 is 9.59 Å². The average molecular weight is 315 g/mol. The minimum Gasteiger partial charge on any atom is -0.316 e.